The fourth-order valence-corrected chi connectivity index (χ4v) is 3.83. The van der Waals surface area contributed by atoms with Crippen LogP contribution in [0.15, 0.2) is 53.6 Å². The third kappa shape index (κ3) is 3.94. The molecule has 0 spiro atoms. The Morgan fingerprint density at radius 1 is 1.13 bits per heavy atom. The molecule has 5 nitrogen and oxygen atoms in total. The number of carbonyl (C=O) groups is 1. The van der Waals surface area contributed by atoms with Crippen molar-refractivity contribution in [3.05, 3.63) is 70.3 Å². The van der Waals surface area contributed by atoms with E-state index in [-0.39, 0.29) is 17.9 Å². The average molecular weight is 415 g/mol. The number of carbonyl (C=O) groups excluding carboxylic acids is 1. The van der Waals surface area contributed by atoms with E-state index < -0.39 is 11.7 Å². The van der Waals surface area contributed by atoms with Crippen LogP contribution in [-0.4, -0.2) is 22.0 Å². The molecule has 1 aromatic heterocycles. The topological polar surface area (TPSA) is 55.2 Å². The lowest BCUT2D eigenvalue weighted by molar-refractivity contribution is -0.137. The van der Waals surface area contributed by atoms with E-state index in [1.165, 1.54) is 17.0 Å². The maximum atomic E-state index is 13.0. The predicted octanol–water partition coefficient (Wildman–Crippen LogP) is 4.17. The minimum absolute atomic E-state index is 0.155. The van der Waals surface area contributed by atoms with E-state index in [0.717, 1.165) is 12.1 Å². The molecule has 156 valence electrons. The molecule has 0 aliphatic carbocycles. The van der Waals surface area contributed by atoms with Gasteiger partial charge in [-0.05, 0) is 55.2 Å². The van der Waals surface area contributed by atoms with Gasteiger partial charge >= 0.3 is 6.18 Å². The van der Waals surface area contributed by atoms with E-state index in [0.29, 0.717) is 54.5 Å². The first kappa shape index (κ1) is 20.1. The molecule has 0 fully saturated rings. The zero-order chi connectivity index (χ0) is 21.3. The molecule has 0 bridgehead atoms. The van der Waals surface area contributed by atoms with Gasteiger partial charge < -0.3 is 4.90 Å². The summed E-state index contributed by atoms with van der Waals surface area (Å²) in [7, 11) is 0. The quantitative estimate of drug-likeness (QED) is 0.643. The van der Waals surface area contributed by atoms with Crippen molar-refractivity contribution >= 4 is 22.5 Å². The van der Waals surface area contributed by atoms with Crippen molar-refractivity contribution in [1.82, 2.24) is 9.55 Å². The molecule has 2 heterocycles. The molecule has 8 heteroatoms. The molecule has 0 radical (unpaired) electrons. The van der Waals surface area contributed by atoms with Gasteiger partial charge in [-0.2, -0.15) is 13.2 Å². The van der Waals surface area contributed by atoms with Gasteiger partial charge in [-0.25, -0.2) is 4.98 Å². The Labute approximate surface area is 170 Å². The number of fused-ring (bicyclic) bond motifs is 2. The van der Waals surface area contributed by atoms with Crippen molar-refractivity contribution in [2.24, 2.45) is 0 Å². The highest BCUT2D eigenvalue weighted by Gasteiger charge is 2.32. The molecular weight excluding hydrogens is 395 g/mol. The van der Waals surface area contributed by atoms with Crippen LogP contribution in [0.4, 0.5) is 18.9 Å². The molecule has 0 saturated heterocycles. The largest absolute Gasteiger partial charge is 0.416 e. The minimum Gasteiger partial charge on any atom is -0.312 e. The van der Waals surface area contributed by atoms with Crippen LogP contribution in [-0.2, 0) is 23.9 Å². The number of hydrogen-bond donors (Lipinski definition) is 0. The summed E-state index contributed by atoms with van der Waals surface area (Å²) in [5.74, 6) is -0.155. The van der Waals surface area contributed by atoms with Crippen molar-refractivity contribution in [3.8, 4) is 0 Å². The summed E-state index contributed by atoms with van der Waals surface area (Å²) in [6.07, 6.45) is -1.16. The first-order valence-electron chi connectivity index (χ1n) is 9.79. The highest BCUT2D eigenvalue weighted by Crippen LogP contribution is 2.35. The smallest absolute Gasteiger partial charge is 0.312 e. The average Bonchev–Trinajstić information content (AvgIpc) is 2.74. The molecule has 30 heavy (non-hydrogen) atoms. The van der Waals surface area contributed by atoms with Gasteiger partial charge in [0.2, 0.25) is 5.91 Å². The van der Waals surface area contributed by atoms with Gasteiger partial charge in [0.15, 0.2) is 0 Å². The molecule has 3 aromatic rings. The number of amides is 1. The number of anilines is 1. The van der Waals surface area contributed by atoms with Crippen LogP contribution in [0.25, 0.3) is 10.9 Å². The molecule has 4 rings (SSSR count). The van der Waals surface area contributed by atoms with Crippen molar-refractivity contribution in [2.75, 3.05) is 11.4 Å². The number of aromatic nitrogens is 2. The fourth-order valence-electron chi connectivity index (χ4n) is 3.83. The molecule has 1 amide bonds. The number of nitrogens with zero attached hydrogens (tertiary/aromatic N) is 3. The number of alkyl halides is 3. The molecule has 0 atom stereocenters. The van der Waals surface area contributed by atoms with Crippen LogP contribution >= 0.6 is 0 Å². The van der Waals surface area contributed by atoms with Gasteiger partial charge in [-0.3, -0.25) is 14.2 Å². The highest BCUT2D eigenvalue weighted by atomic mass is 19.4. The van der Waals surface area contributed by atoms with Gasteiger partial charge in [0.1, 0.15) is 0 Å². The first-order chi connectivity index (χ1) is 14.3. The summed E-state index contributed by atoms with van der Waals surface area (Å²) in [6, 6.07) is 10.6. The summed E-state index contributed by atoms with van der Waals surface area (Å²) < 4.78 is 40.4. The standard InChI is InChI=1S/C22H20F3N3O2/c23-22(24,25)16-9-10-19-15(13-16)5-3-12-28(19)20(29)8-4-11-27-14-26-18-7-2-1-6-17(18)21(27)30/h1-2,6-7,9-10,13-14H,3-5,8,11-12H2. The second kappa shape index (κ2) is 7.93. The van der Waals surface area contributed by atoms with Crippen molar-refractivity contribution in [2.45, 2.75) is 38.4 Å². The Kier molecular flexibility index (Phi) is 5.32. The minimum atomic E-state index is -4.40. The van der Waals surface area contributed by atoms with E-state index in [2.05, 4.69) is 4.98 Å². The zero-order valence-electron chi connectivity index (χ0n) is 16.2. The molecular formula is C22H20F3N3O2. The van der Waals surface area contributed by atoms with E-state index in [1.54, 1.807) is 23.1 Å². The monoisotopic (exact) mass is 415 g/mol. The van der Waals surface area contributed by atoms with Gasteiger partial charge in [-0.1, -0.05) is 12.1 Å². The number of halogens is 3. The van der Waals surface area contributed by atoms with Crippen molar-refractivity contribution < 1.29 is 18.0 Å². The molecule has 0 unspecified atom stereocenters. The Bertz CT molecular complexity index is 1150. The molecule has 1 aliphatic rings. The lowest BCUT2D eigenvalue weighted by Crippen LogP contribution is -2.35. The number of aryl methyl sites for hydroxylation is 2. The van der Waals surface area contributed by atoms with Gasteiger partial charge in [0.25, 0.3) is 5.56 Å². The molecule has 0 saturated carbocycles. The van der Waals surface area contributed by atoms with Crippen LogP contribution in [0.1, 0.15) is 30.4 Å². The lowest BCUT2D eigenvalue weighted by Gasteiger charge is -2.30. The number of hydrogen-bond acceptors (Lipinski definition) is 3. The van der Waals surface area contributed by atoms with E-state index >= 15 is 0 Å². The summed E-state index contributed by atoms with van der Waals surface area (Å²) in [5.41, 5.74) is 0.857. The normalized spacial score (nSPS) is 14.0. The summed E-state index contributed by atoms with van der Waals surface area (Å²) >= 11 is 0. The maximum Gasteiger partial charge on any atom is 0.416 e. The third-order valence-electron chi connectivity index (χ3n) is 5.35. The van der Waals surface area contributed by atoms with Crippen LogP contribution in [0.5, 0.6) is 0 Å². The third-order valence-corrected chi connectivity index (χ3v) is 5.35. The molecule has 1 aliphatic heterocycles. The zero-order valence-corrected chi connectivity index (χ0v) is 16.2. The lowest BCUT2D eigenvalue weighted by atomic mass is 9.98. The SMILES string of the molecule is O=C(CCCn1cnc2ccccc2c1=O)N1CCCc2cc(C(F)(F)F)ccc21. The molecule has 2 aromatic carbocycles. The fraction of sp³-hybridized carbons (Fsp3) is 0.318. The summed E-state index contributed by atoms with van der Waals surface area (Å²) in [4.78, 5) is 31.1. The van der Waals surface area contributed by atoms with Crippen molar-refractivity contribution in [1.29, 1.82) is 0 Å². The summed E-state index contributed by atoms with van der Waals surface area (Å²) in [5, 5.41) is 0.525. The Balaban J connectivity index is 1.44. The molecule has 0 N–H and O–H groups in total. The van der Waals surface area contributed by atoms with E-state index in [4.69, 9.17) is 0 Å². The van der Waals surface area contributed by atoms with Crippen LogP contribution in [0, 0.1) is 0 Å². The van der Waals surface area contributed by atoms with Crippen molar-refractivity contribution in [3.63, 3.8) is 0 Å². The number of rotatable bonds is 4. The van der Waals surface area contributed by atoms with E-state index in [9.17, 15) is 22.8 Å². The Morgan fingerprint density at radius 2 is 1.93 bits per heavy atom. The first-order valence-corrected chi connectivity index (χ1v) is 9.79. The van der Waals surface area contributed by atoms with Gasteiger partial charge in [0, 0.05) is 25.2 Å². The Morgan fingerprint density at radius 3 is 2.73 bits per heavy atom. The predicted molar refractivity (Wildman–Crippen MR) is 107 cm³/mol. The van der Waals surface area contributed by atoms with E-state index in [1.807, 2.05) is 6.07 Å². The number of para-hydroxylation sites is 1. The van der Waals surface area contributed by atoms with Gasteiger partial charge in [-0.15, -0.1) is 0 Å². The summed E-state index contributed by atoms with van der Waals surface area (Å²) in [6.45, 7) is 0.824. The van der Waals surface area contributed by atoms with Crippen LogP contribution in [0.2, 0.25) is 0 Å². The van der Waals surface area contributed by atoms with Crippen LogP contribution in [0.3, 0.4) is 0 Å². The maximum absolute atomic E-state index is 13.0. The van der Waals surface area contributed by atoms with Gasteiger partial charge in [0.05, 0.1) is 22.8 Å². The Hall–Kier alpha value is -3.16. The highest BCUT2D eigenvalue weighted by molar-refractivity contribution is 5.94. The second-order valence-electron chi connectivity index (χ2n) is 7.35. The van der Waals surface area contributed by atoms with Crippen LogP contribution < -0.4 is 10.5 Å². The number of benzene rings is 2. The second-order valence-corrected chi connectivity index (χ2v) is 7.35.